The number of rotatable bonds is 1. The van der Waals surface area contributed by atoms with E-state index in [2.05, 4.69) is 29.7 Å². The first-order chi connectivity index (χ1) is 12.6. The van der Waals surface area contributed by atoms with E-state index >= 15 is 0 Å². The van der Waals surface area contributed by atoms with Gasteiger partial charge in [0.05, 0.1) is 11.6 Å². The minimum atomic E-state index is -0.435. The summed E-state index contributed by atoms with van der Waals surface area (Å²) in [6.07, 6.45) is 3.06. The molecule has 1 unspecified atom stereocenters. The van der Waals surface area contributed by atoms with Crippen molar-refractivity contribution in [2.45, 2.75) is 38.8 Å². The Morgan fingerprint density at radius 3 is 2.85 bits per heavy atom. The molecule has 0 N–H and O–H groups in total. The van der Waals surface area contributed by atoms with E-state index in [1.807, 2.05) is 4.90 Å². The molecule has 5 rings (SSSR count). The van der Waals surface area contributed by atoms with E-state index in [0.717, 1.165) is 25.8 Å². The first kappa shape index (κ1) is 15.6. The fourth-order valence-corrected chi connectivity index (χ4v) is 4.75. The second-order valence-electron chi connectivity index (χ2n) is 7.42. The van der Waals surface area contributed by atoms with E-state index in [-0.39, 0.29) is 17.5 Å². The molecule has 1 aliphatic heterocycles. The number of hydrogen-bond donors (Lipinski definition) is 0. The van der Waals surface area contributed by atoms with Crippen LogP contribution in [0.25, 0.3) is 10.9 Å². The van der Waals surface area contributed by atoms with Gasteiger partial charge in [-0.3, -0.25) is 4.79 Å². The Kier molecular flexibility index (Phi) is 3.42. The van der Waals surface area contributed by atoms with Crippen molar-refractivity contribution in [1.82, 2.24) is 9.47 Å². The van der Waals surface area contributed by atoms with Crippen LogP contribution >= 0.6 is 0 Å². The first-order valence-corrected chi connectivity index (χ1v) is 9.32. The minimum Gasteiger partial charge on any atom is -0.341 e. The van der Waals surface area contributed by atoms with Crippen LogP contribution in [0.5, 0.6) is 0 Å². The number of carbonyl (C=O) groups is 1. The lowest BCUT2D eigenvalue weighted by Gasteiger charge is -2.40. The van der Waals surface area contributed by atoms with Crippen molar-refractivity contribution in [3.63, 3.8) is 0 Å². The van der Waals surface area contributed by atoms with Crippen molar-refractivity contribution in [3.05, 3.63) is 70.7 Å². The highest BCUT2D eigenvalue weighted by molar-refractivity contribution is 5.95. The lowest BCUT2D eigenvalue weighted by atomic mass is 9.89. The molecule has 0 fully saturated rings. The summed E-state index contributed by atoms with van der Waals surface area (Å²) in [7, 11) is 0. The van der Waals surface area contributed by atoms with Gasteiger partial charge >= 0.3 is 0 Å². The zero-order valence-corrected chi connectivity index (χ0v) is 14.8. The van der Waals surface area contributed by atoms with Gasteiger partial charge in [0.1, 0.15) is 5.82 Å². The molecule has 132 valence electrons. The van der Waals surface area contributed by atoms with E-state index in [9.17, 15) is 9.18 Å². The van der Waals surface area contributed by atoms with Crippen molar-refractivity contribution in [2.24, 2.45) is 0 Å². The largest absolute Gasteiger partial charge is 0.341 e. The molecule has 2 heterocycles. The van der Waals surface area contributed by atoms with Crippen LogP contribution in [0.2, 0.25) is 0 Å². The molecule has 0 spiro atoms. The smallest absolute Gasteiger partial charge is 0.257 e. The molecule has 1 atom stereocenters. The Bertz CT molecular complexity index is 1040. The van der Waals surface area contributed by atoms with Crippen LogP contribution in [0.1, 0.15) is 46.1 Å². The predicted octanol–water partition coefficient (Wildman–Crippen LogP) is 4.62. The molecule has 26 heavy (non-hydrogen) atoms. The topological polar surface area (TPSA) is 25.2 Å². The van der Waals surface area contributed by atoms with Crippen LogP contribution in [-0.4, -0.2) is 21.9 Å². The maximum Gasteiger partial charge on any atom is 0.257 e. The van der Waals surface area contributed by atoms with Gasteiger partial charge in [0, 0.05) is 29.7 Å². The zero-order chi connectivity index (χ0) is 17.8. The standard InChI is InChI=1S/C22H21FN2O/c1-14-9-10-19-17(13-14)15-6-4-8-20-21(15)24(19)11-12-25(20)22(26)16-5-2-3-7-18(16)23/h2-3,5,7,9-10,13,20H,4,6,8,11-12H2,1H3. The number of aromatic nitrogens is 1. The zero-order valence-electron chi connectivity index (χ0n) is 14.8. The maximum atomic E-state index is 14.2. The van der Waals surface area contributed by atoms with E-state index in [1.165, 1.54) is 33.8 Å². The summed E-state index contributed by atoms with van der Waals surface area (Å²) in [4.78, 5) is 15.0. The highest BCUT2D eigenvalue weighted by atomic mass is 19.1. The number of benzene rings is 2. The Labute approximate surface area is 152 Å². The molecule has 2 aromatic carbocycles. The summed E-state index contributed by atoms with van der Waals surface area (Å²) < 4.78 is 16.6. The fraction of sp³-hybridized carbons (Fsp3) is 0.318. The van der Waals surface area contributed by atoms with Gasteiger partial charge in [0.15, 0.2) is 0 Å². The van der Waals surface area contributed by atoms with Crippen molar-refractivity contribution in [2.75, 3.05) is 6.54 Å². The second kappa shape index (κ2) is 5.70. The third kappa shape index (κ3) is 2.14. The van der Waals surface area contributed by atoms with E-state index in [4.69, 9.17) is 0 Å². The number of aryl methyl sites for hydroxylation is 2. The number of nitrogens with zero attached hydrogens (tertiary/aromatic N) is 2. The molecule has 1 aliphatic carbocycles. The average molecular weight is 348 g/mol. The molecule has 0 saturated carbocycles. The van der Waals surface area contributed by atoms with Crippen LogP contribution < -0.4 is 0 Å². The highest BCUT2D eigenvalue weighted by Crippen LogP contribution is 2.43. The molecule has 0 saturated heterocycles. The summed E-state index contributed by atoms with van der Waals surface area (Å²) in [5.41, 5.74) is 5.36. The molecular weight excluding hydrogens is 327 g/mol. The van der Waals surface area contributed by atoms with E-state index in [1.54, 1.807) is 18.2 Å². The van der Waals surface area contributed by atoms with Crippen molar-refractivity contribution in [3.8, 4) is 0 Å². The summed E-state index contributed by atoms with van der Waals surface area (Å²) in [6, 6.07) is 13.0. The number of amides is 1. The number of halogens is 1. The van der Waals surface area contributed by atoms with Gasteiger partial charge < -0.3 is 9.47 Å². The lowest BCUT2D eigenvalue weighted by Crippen LogP contribution is -2.43. The van der Waals surface area contributed by atoms with Gasteiger partial charge in [0.2, 0.25) is 0 Å². The number of hydrogen-bond acceptors (Lipinski definition) is 1. The third-order valence-electron chi connectivity index (χ3n) is 5.89. The van der Waals surface area contributed by atoms with Crippen LogP contribution in [0.4, 0.5) is 4.39 Å². The summed E-state index contributed by atoms with van der Waals surface area (Å²) in [5, 5.41) is 1.32. The molecule has 1 aromatic heterocycles. The quantitative estimate of drug-likeness (QED) is 0.630. The molecule has 3 nitrogen and oxygen atoms in total. The Balaban J connectivity index is 1.64. The Morgan fingerprint density at radius 1 is 1.15 bits per heavy atom. The normalized spacial score (nSPS) is 18.8. The summed E-state index contributed by atoms with van der Waals surface area (Å²) in [5.74, 6) is -0.621. The molecule has 1 amide bonds. The van der Waals surface area contributed by atoms with Crippen LogP contribution in [0.3, 0.4) is 0 Å². The molecule has 4 heteroatoms. The van der Waals surface area contributed by atoms with Crippen LogP contribution in [-0.2, 0) is 13.0 Å². The van der Waals surface area contributed by atoms with Gasteiger partial charge in [-0.25, -0.2) is 4.39 Å². The monoisotopic (exact) mass is 348 g/mol. The predicted molar refractivity (Wildman–Crippen MR) is 99.8 cm³/mol. The molecule has 2 aliphatic rings. The maximum absolute atomic E-state index is 14.2. The number of carbonyl (C=O) groups excluding carboxylic acids is 1. The Hall–Kier alpha value is -2.62. The van der Waals surface area contributed by atoms with E-state index in [0.29, 0.717) is 6.54 Å². The van der Waals surface area contributed by atoms with Gasteiger partial charge in [-0.05, 0) is 56.0 Å². The molecule has 0 bridgehead atoms. The van der Waals surface area contributed by atoms with E-state index < -0.39 is 5.82 Å². The summed E-state index contributed by atoms with van der Waals surface area (Å²) in [6.45, 7) is 3.52. The van der Waals surface area contributed by atoms with Crippen molar-refractivity contribution >= 4 is 16.8 Å². The van der Waals surface area contributed by atoms with Crippen molar-refractivity contribution in [1.29, 1.82) is 0 Å². The minimum absolute atomic E-state index is 0.0484. The van der Waals surface area contributed by atoms with Gasteiger partial charge in [-0.1, -0.05) is 23.8 Å². The first-order valence-electron chi connectivity index (χ1n) is 9.32. The molecular formula is C22H21FN2O. The van der Waals surface area contributed by atoms with Crippen LogP contribution in [0, 0.1) is 12.7 Å². The van der Waals surface area contributed by atoms with Gasteiger partial charge in [-0.15, -0.1) is 0 Å². The van der Waals surface area contributed by atoms with Crippen molar-refractivity contribution < 1.29 is 9.18 Å². The fourth-order valence-electron chi connectivity index (χ4n) is 4.75. The average Bonchev–Trinajstić information content (AvgIpc) is 2.97. The number of fused-ring (bicyclic) bond motifs is 3. The molecule has 3 aromatic rings. The summed E-state index contributed by atoms with van der Waals surface area (Å²) >= 11 is 0. The third-order valence-corrected chi connectivity index (χ3v) is 5.89. The van der Waals surface area contributed by atoms with Gasteiger partial charge in [-0.2, -0.15) is 0 Å². The SMILES string of the molecule is Cc1ccc2c(c1)c1c3n2CCN(C(=O)c2ccccc2F)C3CCC1. The highest BCUT2D eigenvalue weighted by Gasteiger charge is 2.37. The van der Waals surface area contributed by atoms with Crippen LogP contribution in [0.15, 0.2) is 42.5 Å². The second-order valence-corrected chi connectivity index (χ2v) is 7.42. The Morgan fingerprint density at radius 2 is 2.00 bits per heavy atom. The molecule has 0 radical (unpaired) electrons. The van der Waals surface area contributed by atoms with Gasteiger partial charge in [0.25, 0.3) is 5.91 Å². The lowest BCUT2D eigenvalue weighted by molar-refractivity contribution is 0.0596.